The zero-order chi connectivity index (χ0) is 8.04. The summed E-state index contributed by atoms with van der Waals surface area (Å²) in [6.45, 7) is -0.507. The monoisotopic (exact) mass is 158 g/mol. The Morgan fingerprint density at radius 1 is 1.40 bits per heavy atom. The van der Waals surface area contributed by atoms with Gasteiger partial charge in [0.2, 0.25) is 0 Å². The molecule has 0 N–H and O–H groups in total. The molecule has 0 radical (unpaired) electrons. The highest BCUT2D eigenvalue weighted by atomic mass is 19.3. The summed E-state index contributed by atoms with van der Waals surface area (Å²) in [5, 5.41) is 0. The average Bonchev–Trinajstić information content (AvgIpc) is 1.89. The van der Waals surface area contributed by atoms with Gasteiger partial charge in [-0.3, -0.25) is 4.74 Å². The zero-order valence-electron chi connectivity index (χ0n) is 5.57. The van der Waals surface area contributed by atoms with Crippen molar-refractivity contribution in [2.45, 2.75) is 13.0 Å². The zero-order valence-corrected chi connectivity index (χ0v) is 5.57. The molecule has 62 valence electrons. The van der Waals surface area contributed by atoms with E-state index in [1.807, 2.05) is 0 Å². The molecule has 0 saturated carbocycles. The van der Waals surface area contributed by atoms with Crippen LogP contribution in [0.2, 0.25) is 0 Å². The molecule has 0 unspecified atom stereocenters. The first kappa shape index (κ1) is 9.71. The van der Waals surface area contributed by atoms with Crippen molar-refractivity contribution in [2.24, 2.45) is 0 Å². The molecule has 0 aliphatic rings. The smallest absolute Gasteiger partial charge is 0.355 e. The predicted molar refractivity (Wildman–Crippen MR) is 28.5 cm³/mol. The predicted octanol–water partition coefficient (Wildman–Crippen LogP) is 1.56. The Hall–Kier alpha value is -0.290. The van der Waals surface area contributed by atoms with Crippen molar-refractivity contribution in [1.82, 2.24) is 0 Å². The van der Waals surface area contributed by atoms with Gasteiger partial charge in [0.1, 0.15) is 0 Å². The molecule has 0 aliphatic heterocycles. The Balaban J connectivity index is 3.28. The molecular weight excluding hydrogens is 149 g/mol. The highest BCUT2D eigenvalue weighted by Gasteiger charge is 2.29. The van der Waals surface area contributed by atoms with Gasteiger partial charge in [0.05, 0.1) is 0 Å². The molecule has 0 fully saturated rings. The van der Waals surface area contributed by atoms with Gasteiger partial charge in [-0.15, -0.1) is 0 Å². The maximum Gasteiger partial charge on any atom is 0.386 e. The van der Waals surface area contributed by atoms with Gasteiger partial charge in [-0.05, 0) is 6.92 Å². The summed E-state index contributed by atoms with van der Waals surface area (Å²) in [4.78, 5) is 0. The largest absolute Gasteiger partial charge is 0.386 e. The van der Waals surface area contributed by atoms with E-state index >= 15 is 0 Å². The molecule has 2 nitrogen and oxygen atoms in total. The fourth-order valence-electron chi connectivity index (χ4n) is 0.250. The van der Waals surface area contributed by atoms with Crippen LogP contribution in [0.1, 0.15) is 6.92 Å². The second-order valence-corrected chi connectivity index (χ2v) is 1.53. The molecule has 0 heterocycles. The Kier molecular flexibility index (Phi) is 4.38. The van der Waals surface area contributed by atoms with Crippen molar-refractivity contribution in [2.75, 3.05) is 20.1 Å². The molecule has 0 aromatic heterocycles. The second kappa shape index (κ2) is 4.51. The van der Waals surface area contributed by atoms with Crippen LogP contribution in [0, 0.1) is 0 Å². The lowest BCUT2D eigenvalue weighted by atomic mass is 10.7. The fourth-order valence-corrected chi connectivity index (χ4v) is 0.250. The molecule has 0 atom stereocenters. The summed E-state index contributed by atoms with van der Waals surface area (Å²) < 4.78 is 43.0. The number of ether oxygens (including phenoxy) is 2. The van der Waals surface area contributed by atoms with Crippen LogP contribution >= 0.6 is 0 Å². The van der Waals surface area contributed by atoms with E-state index in [4.69, 9.17) is 0 Å². The van der Waals surface area contributed by atoms with Crippen LogP contribution in [-0.2, 0) is 9.47 Å². The van der Waals surface area contributed by atoms with Crippen LogP contribution in [0.5, 0.6) is 0 Å². The number of halogens is 3. The third-order valence-electron chi connectivity index (χ3n) is 0.713. The molecule has 0 bridgehead atoms. The van der Waals surface area contributed by atoms with E-state index in [9.17, 15) is 13.2 Å². The lowest BCUT2D eigenvalue weighted by Crippen LogP contribution is -2.24. The first-order chi connectivity index (χ1) is 4.62. The summed E-state index contributed by atoms with van der Waals surface area (Å²) in [5.74, 6) is 0. The van der Waals surface area contributed by atoms with Gasteiger partial charge in [0.25, 0.3) is 0 Å². The quantitative estimate of drug-likeness (QED) is 0.446. The standard InChI is InChI=1S/C5H9F3O2/c1-2-9-4-10-5(7,8)3-6/h2-4H2,1H3. The summed E-state index contributed by atoms with van der Waals surface area (Å²) >= 11 is 0. The molecular formula is C5H9F3O2. The SMILES string of the molecule is CCOCOC(F)(F)CF. The van der Waals surface area contributed by atoms with Gasteiger partial charge in [-0.25, -0.2) is 4.39 Å². The minimum atomic E-state index is -3.70. The number of alkyl halides is 3. The first-order valence-corrected chi connectivity index (χ1v) is 2.78. The molecule has 0 saturated heterocycles. The molecule has 0 aliphatic carbocycles. The van der Waals surface area contributed by atoms with Crippen LogP contribution in [0.15, 0.2) is 0 Å². The highest BCUT2D eigenvalue weighted by Crippen LogP contribution is 2.14. The van der Waals surface area contributed by atoms with Crippen LogP contribution in [0.4, 0.5) is 13.2 Å². The summed E-state index contributed by atoms with van der Waals surface area (Å²) in [6, 6.07) is 0. The van der Waals surface area contributed by atoms with Gasteiger partial charge in [-0.2, -0.15) is 8.78 Å². The van der Waals surface area contributed by atoms with Crippen LogP contribution in [0.25, 0.3) is 0 Å². The molecule has 10 heavy (non-hydrogen) atoms. The number of hydrogen-bond donors (Lipinski definition) is 0. The molecule has 0 rings (SSSR count). The topological polar surface area (TPSA) is 18.5 Å². The van der Waals surface area contributed by atoms with Gasteiger partial charge in [0.15, 0.2) is 13.5 Å². The van der Waals surface area contributed by atoms with Crippen LogP contribution in [-0.4, -0.2) is 26.2 Å². The fraction of sp³-hybridized carbons (Fsp3) is 1.00. The normalized spacial score (nSPS) is 12.0. The van der Waals surface area contributed by atoms with E-state index < -0.39 is 19.6 Å². The van der Waals surface area contributed by atoms with E-state index in [-0.39, 0.29) is 6.61 Å². The van der Waals surface area contributed by atoms with Crippen LogP contribution < -0.4 is 0 Å². The molecule has 0 aromatic carbocycles. The average molecular weight is 158 g/mol. The first-order valence-electron chi connectivity index (χ1n) is 2.78. The van der Waals surface area contributed by atoms with Gasteiger partial charge in [0, 0.05) is 6.61 Å². The van der Waals surface area contributed by atoms with E-state index in [0.717, 1.165) is 0 Å². The Labute approximate surface area is 56.9 Å². The van der Waals surface area contributed by atoms with Gasteiger partial charge < -0.3 is 4.74 Å². The van der Waals surface area contributed by atoms with Crippen molar-refractivity contribution in [1.29, 1.82) is 0 Å². The maximum absolute atomic E-state index is 11.8. The number of rotatable bonds is 5. The summed E-state index contributed by atoms with van der Waals surface area (Å²) in [5.41, 5.74) is 0. The third-order valence-corrected chi connectivity index (χ3v) is 0.713. The van der Waals surface area contributed by atoms with E-state index in [1.165, 1.54) is 0 Å². The third kappa shape index (κ3) is 4.58. The van der Waals surface area contributed by atoms with Crippen molar-refractivity contribution < 1.29 is 22.6 Å². The Bertz CT molecular complexity index is 87.0. The van der Waals surface area contributed by atoms with Crippen LogP contribution in [0.3, 0.4) is 0 Å². The molecule has 5 heteroatoms. The van der Waals surface area contributed by atoms with Crippen molar-refractivity contribution in [3.8, 4) is 0 Å². The lowest BCUT2D eigenvalue weighted by Gasteiger charge is -2.11. The van der Waals surface area contributed by atoms with E-state index in [2.05, 4.69) is 9.47 Å². The minimum Gasteiger partial charge on any atom is -0.355 e. The molecule has 0 amide bonds. The second-order valence-electron chi connectivity index (χ2n) is 1.53. The van der Waals surface area contributed by atoms with E-state index in [0.29, 0.717) is 0 Å². The maximum atomic E-state index is 11.8. The summed E-state index contributed by atoms with van der Waals surface area (Å²) in [7, 11) is 0. The lowest BCUT2D eigenvalue weighted by molar-refractivity contribution is -0.281. The highest BCUT2D eigenvalue weighted by molar-refractivity contribution is 4.44. The summed E-state index contributed by atoms with van der Waals surface area (Å²) in [6.07, 6.45) is -3.70. The Morgan fingerprint density at radius 3 is 2.40 bits per heavy atom. The van der Waals surface area contributed by atoms with E-state index in [1.54, 1.807) is 6.92 Å². The Morgan fingerprint density at radius 2 is 2.00 bits per heavy atom. The van der Waals surface area contributed by atoms with Crippen molar-refractivity contribution in [3.05, 3.63) is 0 Å². The van der Waals surface area contributed by atoms with Crippen molar-refractivity contribution in [3.63, 3.8) is 0 Å². The van der Waals surface area contributed by atoms with Crippen molar-refractivity contribution >= 4 is 0 Å². The number of hydrogen-bond acceptors (Lipinski definition) is 2. The minimum absolute atomic E-state index is 0.266. The van der Waals surface area contributed by atoms with Gasteiger partial charge in [-0.1, -0.05) is 0 Å². The molecule has 0 spiro atoms. The molecule has 0 aromatic rings. The van der Waals surface area contributed by atoms with Gasteiger partial charge >= 0.3 is 6.11 Å².